The monoisotopic (exact) mass is 353 g/mol. The van der Waals surface area contributed by atoms with E-state index >= 15 is 0 Å². The molecule has 0 aliphatic rings. The second kappa shape index (κ2) is 8.27. The number of thioether (sulfide) groups is 1. The van der Waals surface area contributed by atoms with Gasteiger partial charge in [-0.15, -0.1) is 0 Å². The third-order valence-electron chi connectivity index (χ3n) is 3.90. The smallest absolute Gasteiger partial charge is 0.187 e. The van der Waals surface area contributed by atoms with Crippen LogP contribution in [0.4, 0.5) is 0 Å². The zero-order chi connectivity index (χ0) is 17.6. The van der Waals surface area contributed by atoms with Crippen LogP contribution in [0.15, 0.2) is 53.9 Å². The molecule has 0 atom stereocenters. The first-order valence-electron chi connectivity index (χ1n) is 8.32. The van der Waals surface area contributed by atoms with E-state index in [0.717, 1.165) is 47.2 Å². The van der Waals surface area contributed by atoms with Crippen LogP contribution in [0.3, 0.4) is 0 Å². The van der Waals surface area contributed by atoms with Gasteiger partial charge in [0, 0.05) is 30.1 Å². The Morgan fingerprint density at radius 2 is 1.88 bits per heavy atom. The molecule has 0 radical (unpaired) electrons. The lowest BCUT2D eigenvalue weighted by molar-refractivity contribution is 0.381. The Morgan fingerprint density at radius 1 is 1.08 bits per heavy atom. The zero-order valence-corrected chi connectivity index (χ0v) is 15.7. The highest BCUT2D eigenvalue weighted by atomic mass is 32.2. The molecular formula is C19H23N5S. The number of aryl methyl sites for hydroxylation is 1. The fourth-order valence-electron chi connectivity index (χ4n) is 2.63. The summed E-state index contributed by atoms with van der Waals surface area (Å²) in [4.78, 5) is 11.0. The molecule has 0 N–H and O–H groups in total. The summed E-state index contributed by atoms with van der Waals surface area (Å²) in [5.74, 6) is 0. The Kier molecular flexibility index (Phi) is 5.83. The molecule has 5 nitrogen and oxygen atoms in total. The Balaban J connectivity index is 1.78. The normalized spacial score (nSPS) is 11.2. The van der Waals surface area contributed by atoms with E-state index in [1.165, 1.54) is 0 Å². The average Bonchev–Trinajstić information content (AvgIpc) is 3.10. The molecule has 3 aromatic rings. The first-order chi connectivity index (χ1) is 12.2. The molecule has 0 unspecified atom stereocenters. The summed E-state index contributed by atoms with van der Waals surface area (Å²) < 4.78 is 2.02. The fourth-order valence-corrected chi connectivity index (χ4v) is 2.98. The van der Waals surface area contributed by atoms with Gasteiger partial charge in [0.05, 0.1) is 11.4 Å². The lowest BCUT2D eigenvalue weighted by Crippen LogP contribution is -2.15. The molecule has 25 heavy (non-hydrogen) atoms. The predicted octanol–water partition coefficient (Wildman–Crippen LogP) is 3.68. The second-order valence-corrected chi connectivity index (χ2v) is 6.90. The molecule has 0 amide bonds. The molecule has 3 rings (SSSR count). The fraction of sp³-hybridized carbons (Fsp3) is 0.316. The summed E-state index contributed by atoms with van der Waals surface area (Å²) in [5.41, 5.74) is 4.11. The van der Waals surface area contributed by atoms with Crippen molar-refractivity contribution in [2.45, 2.75) is 18.1 Å². The summed E-state index contributed by atoms with van der Waals surface area (Å²) in [5, 5.41) is 5.49. The van der Waals surface area contributed by atoms with Gasteiger partial charge in [0.1, 0.15) is 0 Å². The van der Waals surface area contributed by atoms with Crippen LogP contribution in [0.25, 0.3) is 22.5 Å². The van der Waals surface area contributed by atoms with Gasteiger partial charge >= 0.3 is 0 Å². The van der Waals surface area contributed by atoms with E-state index in [9.17, 15) is 0 Å². The van der Waals surface area contributed by atoms with E-state index < -0.39 is 0 Å². The zero-order valence-electron chi connectivity index (χ0n) is 14.9. The number of rotatable bonds is 7. The summed E-state index contributed by atoms with van der Waals surface area (Å²) >= 11 is 1.55. The van der Waals surface area contributed by atoms with Crippen LogP contribution >= 0.6 is 11.8 Å². The number of hydrogen-bond donors (Lipinski definition) is 0. The molecule has 2 heterocycles. The van der Waals surface area contributed by atoms with Crippen molar-refractivity contribution in [1.82, 2.24) is 24.6 Å². The highest BCUT2D eigenvalue weighted by Crippen LogP contribution is 2.25. The number of hydrogen-bond acceptors (Lipinski definition) is 5. The molecule has 130 valence electrons. The van der Waals surface area contributed by atoms with Gasteiger partial charge in [-0.3, -0.25) is 4.68 Å². The van der Waals surface area contributed by atoms with E-state index in [1.54, 1.807) is 18.0 Å². The first-order valence-corrected chi connectivity index (χ1v) is 9.54. The number of aromatic nitrogens is 4. The molecule has 0 saturated heterocycles. The molecule has 0 aliphatic heterocycles. The van der Waals surface area contributed by atoms with Gasteiger partial charge in [-0.2, -0.15) is 5.10 Å². The van der Waals surface area contributed by atoms with Crippen LogP contribution in [0.2, 0.25) is 0 Å². The van der Waals surface area contributed by atoms with Crippen LogP contribution < -0.4 is 0 Å². The minimum Gasteiger partial charge on any atom is -0.309 e. The molecule has 0 fully saturated rings. The molecular weight excluding hydrogens is 330 g/mol. The maximum absolute atomic E-state index is 4.71. The van der Waals surface area contributed by atoms with Crippen LogP contribution in [-0.2, 0) is 6.54 Å². The van der Waals surface area contributed by atoms with Gasteiger partial charge in [0.2, 0.25) is 0 Å². The quantitative estimate of drug-likeness (QED) is 0.479. The van der Waals surface area contributed by atoms with Crippen molar-refractivity contribution in [2.24, 2.45) is 0 Å². The van der Waals surface area contributed by atoms with Gasteiger partial charge in [-0.25, -0.2) is 9.97 Å². The Labute approximate surface area is 153 Å². The molecule has 0 bridgehead atoms. The Hall–Kier alpha value is -2.18. The van der Waals surface area contributed by atoms with Gasteiger partial charge in [0.15, 0.2) is 5.16 Å². The Bertz CT molecular complexity index is 828. The largest absolute Gasteiger partial charge is 0.309 e. The summed E-state index contributed by atoms with van der Waals surface area (Å²) in [6, 6.07) is 12.4. The summed E-state index contributed by atoms with van der Waals surface area (Å²) in [7, 11) is 4.19. The number of benzene rings is 1. The molecule has 0 spiro atoms. The van der Waals surface area contributed by atoms with Gasteiger partial charge in [0.25, 0.3) is 0 Å². The van der Waals surface area contributed by atoms with Crippen molar-refractivity contribution < 1.29 is 0 Å². The first kappa shape index (κ1) is 17.6. The molecule has 6 heteroatoms. The van der Waals surface area contributed by atoms with Crippen molar-refractivity contribution in [1.29, 1.82) is 0 Å². The second-order valence-electron chi connectivity index (χ2n) is 6.13. The topological polar surface area (TPSA) is 46.8 Å². The van der Waals surface area contributed by atoms with Gasteiger partial charge < -0.3 is 4.90 Å². The average molecular weight is 353 g/mol. The van der Waals surface area contributed by atoms with E-state index in [1.807, 2.05) is 23.2 Å². The predicted molar refractivity (Wildman–Crippen MR) is 104 cm³/mol. The van der Waals surface area contributed by atoms with Crippen LogP contribution in [0, 0.1) is 0 Å². The van der Waals surface area contributed by atoms with Gasteiger partial charge in [-0.1, -0.05) is 30.0 Å². The third kappa shape index (κ3) is 4.67. The SMILES string of the molecule is CSc1nccc(-c2cccc(-c3ccn(CCCN(C)C)n3)c2)n1. The molecule has 1 aromatic carbocycles. The highest BCUT2D eigenvalue weighted by Gasteiger charge is 2.07. The van der Waals surface area contributed by atoms with Gasteiger partial charge in [-0.05, 0) is 51.5 Å². The van der Waals surface area contributed by atoms with Crippen molar-refractivity contribution in [3.63, 3.8) is 0 Å². The minimum absolute atomic E-state index is 0.785. The van der Waals surface area contributed by atoms with Crippen molar-refractivity contribution in [2.75, 3.05) is 26.9 Å². The van der Waals surface area contributed by atoms with E-state index in [4.69, 9.17) is 5.10 Å². The lowest BCUT2D eigenvalue weighted by atomic mass is 10.1. The van der Waals surface area contributed by atoms with E-state index in [2.05, 4.69) is 59.3 Å². The van der Waals surface area contributed by atoms with Crippen LogP contribution in [0.1, 0.15) is 6.42 Å². The maximum Gasteiger partial charge on any atom is 0.187 e. The number of nitrogens with zero attached hydrogens (tertiary/aromatic N) is 5. The summed E-state index contributed by atoms with van der Waals surface area (Å²) in [6.07, 6.45) is 6.93. The van der Waals surface area contributed by atoms with E-state index in [-0.39, 0.29) is 0 Å². The third-order valence-corrected chi connectivity index (χ3v) is 4.47. The molecule has 0 saturated carbocycles. The van der Waals surface area contributed by atoms with Crippen molar-refractivity contribution in [3.8, 4) is 22.5 Å². The van der Waals surface area contributed by atoms with E-state index in [0.29, 0.717) is 0 Å². The minimum atomic E-state index is 0.785. The molecule has 0 aliphatic carbocycles. The molecule has 2 aromatic heterocycles. The van der Waals surface area contributed by atoms with Crippen LogP contribution in [0.5, 0.6) is 0 Å². The maximum atomic E-state index is 4.71. The summed E-state index contributed by atoms with van der Waals surface area (Å²) in [6.45, 7) is 2.00. The van der Waals surface area contributed by atoms with Crippen LogP contribution in [-0.4, -0.2) is 51.5 Å². The lowest BCUT2D eigenvalue weighted by Gasteiger charge is -2.08. The standard InChI is InChI=1S/C19H23N5S/c1-23(2)11-5-12-24-13-9-18(22-24)16-7-4-6-15(14-16)17-8-10-20-19(21-17)25-3/h4,6-10,13-14H,5,11-12H2,1-3H3. The van der Waals surface area contributed by atoms with Crippen molar-refractivity contribution in [3.05, 3.63) is 48.8 Å². The Morgan fingerprint density at radius 3 is 2.64 bits per heavy atom. The van der Waals surface area contributed by atoms with Crippen molar-refractivity contribution >= 4 is 11.8 Å². The highest BCUT2D eigenvalue weighted by molar-refractivity contribution is 7.98.